The van der Waals surface area contributed by atoms with Crippen molar-refractivity contribution in [2.45, 2.75) is 17.5 Å². The molecular weight excluding hydrogens is 382 g/mol. The van der Waals surface area contributed by atoms with Crippen LogP contribution in [0.1, 0.15) is 11.1 Å². The van der Waals surface area contributed by atoms with E-state index in [4.69, 9.17) is 17.3 Å². The highest BCUT2D eigenvalue weighted by atomic mass is 35.5. The summed E-state index contributed by atoms with van der Waals surface area (Å²) >= 11 is 7.47. The second-order valence-electron chi connectivity index (χ2n) is 6.01. The summed E-state index contributed by atoms with van der Waals surface area (Å²) in [7, 11) is 0. The zero-order chi connectivity index (χ0) is 18.8. The number of nitrogen functional groups attached to an aromatic ring is 1. The molecule has 0 aliphatic carbocycles. The number of hydrogen-bond acceptors (Lipinski definition) is 5. The normalized spacial score (nSPS) is 11.1. The molecule has 0 aliphatic heterocycles. The number of anilines is 1. The Balaban J connectivity index is 1.67. The van der Waals surface area contributed by atoms with Crippen LogP contribution >= 0.6 is 23.4 Å². The van der Waals surface area contributed by atoms with Crippen molar-refractivity contribution in [3.05, 3.63) is 81.2 Å². The number of thioether (sulfide) groups is 1. The van der Waals surface area contributed by atoms with Crippen molar-refractivity contribution in [1.82, 2.24) is 19.5 Å². The molecule has 0 radical (unpaired) electrons. The molecule has 0 saturated heterocycles. The number of hydrogen-bond donors (Lipinski definition) is 2. The Hall–Kier alpha value is -2.77. The van der Waals surface area contributed by atoms with E-state index in [2.05, 4.69) is 15.0 Å². The van der Waals surface area contributed by atoms with Crippen molar-refractivity contribution in [3.8, 4) is 0 Å². The quantitative estimate of drug-likeness (QED) is 0.396. The van der Waals surface area contributed by atoms with E-state index in [1.165, 1.54) is 11.8 Å². The monoisotopic (exact) mass is 397 g/mol. The lowest BCUT2D eigenvalue weighted by Crippen LogP contribution is -2.17. The Kier molecular flexibility index (Phi) is 4.87. The summed E-state index contributed by atoms with van der Waals surface area (Å²) in [4.78, 5) is 24.0. The molecule has 3 N–H and O–H groups in total. The number of imidazole rings is 1. The average molecular weight is 398 g/mol. The molecule has 0 atom stereocenters. The van der Waals surface area contributed by atoms with Crippen LogP contribution in [-0.2, 0) is 12.3 Å². The molecule has 0 fully saturated rings. The van der Waals surface area contributed by atoms with Crippen LogP contribution in [-0.4, -0.2) is 19.5 Å². The van der Waals surface area contributed by atoms with Crippen LogP contribution in [0.5, 0.6) is 0 Å². The van der Waals surface area contributed by atoms with E-state index in [1.807, 2.05) is 54.6 Å². The molecule has 6 nitrogen and oxygen atoms in total. The number of nitrogens with two attached hydrogens (primary N) is 1. The number of halogens is 1. The molecule has 2 heterocycles. The minimum atomic E-state index is -0.258. The predicted octanol–water partition coefficient (Wildman–Crippen LogP) is 3.70. The van der Waals surface area contributed by atoms with E-state index in [9.17, 15) is 4.79 Å². The number of benzene rings is 2. The Morgan fingerprint density at radius 3 is 2.63 bits per heavy atom. The number of rotatable bonds is 5. The minimum Gasteiger partial charge on any atom is -0.382 e. The molecule has 0 unspecified atom stereocenters. The van der Waals surface area contributed by atoms with Crippen molar-refractivity contribution in [3.63, 3.8) is 0 Å². The maximum atomic E-state index is 12.4. The molecule has 0 bridgehead atoms. The molecule has 0 saturated carbocycles. The molecule has 4 rings (SSSR count). The third-order valence-corrected chi connectivity index (χ3v) is 5.22. The first-order valence-electron chi connectivity index (χ1n) is 8.27. The van der Waals surface area contributed by atoms with E-state index >= 15 is 0 Å². The van der Waals surface area contributed by atoms with Gasteiger partial charge in [-0.25, -0.2) is 14.8 Å². The van der Waals surface area contributed by atoms with Crippen LogP contribution in [0.2, 0.25) is 5.02 Å². The van der Waals surface area contributed by atoms with E-state index in [-0.39, 0.29) is 11.5 Å². The lowest BCUT2D eigenvalue weighted by molar-refractivity contribution is 0.771. The van der Waals surface area contributed by atoms with Crippen LogP contribution in [0.3, 0.4) is 0 Å². The lowest BCUT2D eigenvalue weighted by atomic mass is 10.2. The van der Waals surface area contributed by atoms with E-state index in [1.54, 1.807) is 4.57 Å². The van der Waals surface area contributed by atoms with Crippen molar-refractivity contribution in [2.75, 3.05) is 5.73 Å². The van der Waals surface area contributed by atoms with Crippen LogP contribution in [0, 0.1) is 0 Å². The average Bonchev–Trinajstić information content (AvgIpc) is 2.97. The first-order chi connectivity index (χ1) is 13.1. The van der Waals surface area contributed by atoms with Gasteiger partial charge in [0.15, 0.2) is 16.6 Å². The molecule has 2 aromatic heterocycles. The Labute approximate surface area is 164 Å². The summed E-state index contributed by atoms with van der Waals surface area (Å²) in [5, 5.41) is 1.20. The zero-order valence-corrected chi connectivity index (χ0v) is 15.8. The summed E-state index contributed by atoms with van der Waals surface area (Å²) in [6, 6.07) is 17.4. The highest BCUT2D eigenvalue weighted by Gasteiger charge is 2.14. The van der Waals surface area contributed by atoms with Crippen molar-refractivity contribution >= 4 is 40.3 Å². The molecule has 136 valence electrons. The Morgan fingerprint density at radius 1 is 1.07 bits per heavy atom. The SMILES string of the molecule is Nc1nc(SCc2cccc(Cl)c2)nc2c1[nH]c(=O)n2Cc1ccccc1. The fourth-order valence-corrected chi connectivity index (χ4v) is 3.78. The molecule has 0 spiro atoms. The molecular formula is C19H16ClN5OS. The van der Waals surface area contributed by atoms with Gasteiger partial charge in [-0.05, 0) is 23.3 Å². The highest BCUT2D eigenvalue weighted by Crippen LogP contribution is 2.24. The Morgan fingerprint density at radius 2 is 1.85 bits per heavy atom. The minimum absolute atomic E-state index is 0.258. The number of nitrogens with zero attached hydrogens (tertiary/aromatic N) is 3. The first kappa shape index (κ1) is 17.6. The van der Waals surface area contributed by atoms with Gasteiger partial charge in [0.2, 0.25) is 0 Å². The van der Waals surface area contributed by atoms with Gasteiger partial charge in [0.25, 0.3) is 0 Å². The summed E-state index contributed by atoms with van der Waals surface area (Å²) < 4.78 is 1.58. The number of fused-ring (bicyclic) bond motifs is 1. The molecule has 27 heavy (non-hydrogen) atoms. The third kappa shape index (κ3) is 3.84. The number of aromatic nitrogens is 4. The van der Waals surface area contributed by atoms with E-state index in [0.29, 0.717) is 33.6 Å². The molecule has 8 heteroatoms. The smallest absolute Gasteiger partial charge is 0.328 e. The predicted molar refractivity (Wildman–Crippen MR) is 109 cm³/mol. The molecule has 4 aromatic rings. The highest BCUT2D eigenvalue weighted by molar-refractivity contribution is 7.98. The standard InChI is InChI=1S/C19H16ClN5OS/c20-14-8-4-7-13(9-14)11-27-18-23-16(21)15-17(24-18)25(19(26)22-15)10-12-5-2-1-3-6-12/h1-9H,10-11H2,(H,22,26)(H2,21,23,24). The van der Waals surface area contributed by atoms with E-state index < -0.39 is 0 Å². The number of aromatic amines is 1. The van der Waals surface area contributed by atoms with Gasteiger partial charge in [0.1, 0.15) is 5.52 Å². The molecule has 2 aromatic carbocycles. The summed E-state index contributed by atoms with van der Waals surface area (Å²) in [5.41, 5.74) is 8.83. The third-order valence-electron chi connectivity index (χ3n) is 4.07. The van der Waals surface area contributed by atoms with Gasteiger partial charge >= 0.3 is 5.69 Å². The van der Waals surface area contributed by atoms with Crippen molar-refractivity contribution < 1.29 is 0 Å². The molecule has 0 aliphatic rings. The summed E-state index contributed by atoms with van der Waals surface area (Å²) in [6.07, 6.45) is 0. The van der Waals surface area contributed by atoms with Crippen molar-refractivity contribution in [2.24, 2.45) is 0 Å². The second kappa shape index (κ2) is 7.46. The number of H-pyrrole nitrogens is 1. The summed E-state index contributed by atoms with van der Waals surface area (Å²) in [5.74, 6) is 0.913. The van der Waals surface area contributed by atoms with Gasteiger partial charge in [-0.15, -0.1) is 0 Å². The maximum Gasteiger partial charge on any atom is 0.328 e. The van der Waals surface area contributed by atoms with Crippen LogP contribution in [0.4, 0.5) is 5.82 Å². The van der Waals surface area contributed by atoms with Crippen molar-refractivity contribution in [1.29, 1.82) is 0 Å². The second-order valence-corrected chi connectivity index (χ2v) is 7.39. The van der Waals surface area contributed by atoms with Crippen LogP contribution in [0.15, 0.2) is 64.5 Å². The topological polar surface area (TPSA) is 89.6 Å². The first-order valence-corrected chi connectivity index (χ1v) is 9.64. The van der Waals surface area contributed by atoms with E-state index in [0.717, 1.165) is 11.1 Å². The fraction of sp³-hybridized carbons (Fsp3) is 0.105. The van der Waals surface area contributed by atoms with Gasteiger partial charge in [-0.2, -0.15) is 0 Å². The lowest BCUT2D eigenvalue weighted by Gasteiger charge is -2.06. The van der Waals surface area contributed by atoms with Gasteiger partial charge in [-0.1, -0.05) is 65.8 Å². The summed E-state index contributed by atoms with van der Waals surface area (Å²) in [6.45, 7) is 0.411. The maximum absolute atomic E-state index is 12.4. The van der Waals surface area contributed by atoms with Gasteiger partial charge in [0, 0.05) is 10.8 Å². The zero-order valence-electron chi connectivity index (χ0n) is 14.2. The molecule has 0 amide bonds. The number of nitrogens with one attached hydrogen (secondary N) is 1. The van der Waals surface area contributed by atoms with Gasteiger partial charge < -0.3 is 10.7 Å². The largest absolute Gasteiger partial charge is 0.382 e. The fourth-order valence-electron chi connectivity index (χ4n) is 2.78. The van der Waals surface area contributed by atoms with Crippen LogP contribution in [0.25, 0.3) is 11.2 Å². The van der Waals surface area contributed by atoms with Crippen LogP contribution < -0.4 is 11.4 Å². The Bertz CT molecular complexity index is 1160. The van der Waals surface area contributed by atoms with Gasteiger partial charge in [-0.3, -0.25) is 4.57 Å². The van der Waals surface area contributed by atoms with Gasteiger partial charge in [0.05, 0.1) is 6.54 Å².